The van der Waals surface area contributed by atoms with E-state index in [1.165, 1.54) is 6.42 Å². The van der Waals surface area contributed by atoms with Gasteiger partial charge in [-0.3, -0.25) is 4.79 Å². The van der Waals surface area contributed by atoms with Gasteiger partial charge in [0.15, 0.2) is 0 Å². The van der Waals surface area contributed by atoms with E-state index in [0.717, 1.165) is 56.7 Å². The number of benzene rings is 1. The number of anilines is 2. The minimum atomic E-state index is -3.67. The zero-order chi connectivity index (χ0) is 24.3. The quantitative estimate of drug-likeness (QED) is 0.631. The van der Waals surface area contributed by atoms with Crippen LogP contribution in [-0.2, 0) is 10.0 Å². The third-order valence-electron chi connectivity index (χ3n) is 7.38. The molecule has 0 aliphatic carbocycles. The van der Waals surface area contributed by atoms with Crippen molar-refractivity contribution in [2.75, 3.05) is 62.2 Å². The molecule has 0 N–H and O–H groups in total. The summed E-state index contributed by atoms with van der Waals surface area (Å²) in [6.45, 7) is 5.37. The monoisotopic (exact) mass is 497 g/mol. The Morgan fingerprint density at radius 1 is 0.743 bits per heavy atom. The van der Waals surface area contributed by atoms with Crippen LogP contribution in [0.3, 0.4) is 0 Å². The van der Waals surface area contributed by atoms with E-state index in [1.54, 1.807) is 16.6 Å². The molecule has 2 aromatic rings. The molecule has 3 saturated heterocycles. The van der Waals surface area contributed by atoms with Crippen LogP contribution in [0.5, 0.6) is 0 Å². The Balaban J connectivity index is 1.39. The van der Waals surface area contributed by atoms with Crippen molar-refractivity contribution in [3.8, 4) is 0 Å². The lowest BCUT2D eigenvalue weighted by molar-refractivity contribution is 0.0746. The van der Waals surface area contributed by atoms with Crippen molar-refractivity contribution in [2.24, 2.45) is 0 Å². The van der Waals surface area contributed by atoms with Crippen LogP contribution < -0.4 is 9.80 Å². The standard InChI is InChI=1S/C26H35N5O3S/c32-26(30-19-17-29(18-20-30)25-9-3-4-12-27-25)22-10-11-23(28-13-5-1-6-14-28)24(21-22)35(33,34)31-15-7-2-8-16-31/h3-4,9-12,21H,1-2,5-8,13-20H2. The minimum Gasteiger partial charge on any atom is -0.370 e. The molecular formula is C26H35N5O3S. The molecule has 0 bridgehead atoms. The van der Waals surface area contributed by atoms with E-state index >= 15 is 0 Å². The van der Waals surface area contributed by atoms with Gasteiger partial charge in [-0.1, -0.05) is 12.5 Å². The molecule has 5 rings (SSSR count). The second-order valence-electron chi connectivity index (χ2n) is 9.66. The molecule has 188 valence electrons. The van der Waals surface area contributed by atoms with Crippen LogP contribution in [0.4, 0.5) is 11.5 Å². The van der Waals surface area contributed by atoms with Crippen LogP contribution in [0.2, 0.25) is 0 Å². The topological polar surface area (TPSA) is 77.1 Å². The molecule has 0 saturated carbocycles. The third-order valence-corrected chi connectivity index (χ3v) is 9.30. The van der Waals surface area contributed by atoms with E-state index in [2.05, 4.69) is 14.8 Å². The number of carbonyl (C=O) groups is 1. The molecule has 3 aliphatic rings. The van der Waals surface area contributed by atoms with Crippen LogP contribution in [0, 0.1) is 0 Å². The Morgan fingerprint density at radius 3 is 2.09 bits per heavy atom. The highest BCUT2D eigenvalue weighted by atomic mass is 32.2. The van der Waals surface area contributed by atoms with Gasteiger partial charge < -0.3 is 14.7 Å². The first-order valence-electron chi connectivity index (χ1n) is 12.9. The number of pyridine rings is 1. The molecule has 3 aliphatic heterocycles. The summed E-state index contributed by atoms with van der Waals surface area (Å²) >= 11 is 0. The fourth-order valence-corrected chi connectivity index (χ4v) is 7.11. The number of hydrogen-bond donors (Lipinski definition) is 0. The zero-order valence-corrected chi connectivity index (χ0v) is 21.1. The van der Waals surface area contributed by atoms with Crippen molar-refractivity contribution < 1.29 is 13.2 Å². The second kappa shape index (κ2) is 10.5. The van der Waals surface area contributed by atoms with Crippen LogP contribution in [0.1, 0.15) is 48.9 Å². The Hall–Kier alpha value is -2.65. The summed E-state index contributed by atoms with van der Waals surface area (Å²) in [6.07, 6.45) is 7.91. The smallest absolute Gasteiger partial charge is 0.254 e. The van der Waals surface area contributed by atoms with Crippen LogP contribution in [-0.4, -0.2) is 80.9 Å². The van der Waals surface area contributed by atoms with Gasteiger partial charge in [-0.25, -0.2) is 13.4 Å². The lowest BCUT2D eigenvalue weighted by Gasteiger charge is -2.36. The number of nitrogens with zero attached hydrogens (tertiary/aromatic N) is 5. The highest BCUT2D eigenvalue weighted by molar-refractivity contribution is 7.89. The highest BCUT2D eigenvalue weighted by Crippen LogP contribution is 2.33. The zero-order valence-electron chi connectivity index (χ0n) is 20.3. The number of carbonyl (C=O) groups excluding carboxylic acids is 1. The Bertz CT molecular complexity index is 1120. The lowest BCUT2D eigenvalue weighted by Crippen LogP contribution is -2.49. The first-order valence-corrected chi connectivity index (χ1v) is 14.3. The number of hydrogen-bond acceptors (Lipinski definition) is 6. The highest BCUT2D eigenvalue weighted by Gasteiger charge is 2.32. The van der Waals surface area contributed by atoms with Crippen LogP contribution in [0.25, 0.3) is 0 Å². The first kappa shape index (κ1) is 24.1. The maximum Gasteiger partial charge on any atom is 0.254 e. The van der Waals surface area contributed by atoms with Gasteiger partial charge in [0, 0.05) is 64.1 Å². The molecule has 35 heavy (non-hydrogen) atoms. The van der Waals surface area contributed by atoms with E-state index in [1.807, 2.05) is 35.2 Å². The molecule has 1 aromatic carbocycles. The van der Waals surface area contributed by atoms with Gasteiger partial charge in [0.25, 0.3) is 5.91 Å². The van der Waals surface area contributed by atoms with E-state index in [-0.39, 0.29) is 5.91 Å². The van der Waals surface area contributed by atoms with Crippen molar-refractivity contribution in [3.05, 3.63) is 48.2 Å². The number of sulfonamides is 1. The van der Waals surface area contributed by atoms with Gasteiger partial charge in [-0.05, 0) is 62.4 Å². The molecule has 0 atom stereocenters. The van der Waals surface area contributed by atoms with Crippen molar-refractivity contribution in [2.45, 2.75) is 43.4 Å². The van der Waals surface area contributed by atoms with Gasteiger partial charge >= 0.3 is 0 Å². The molecule has 4 heterocycles. The Kier molecular flexibility index (Phi) is 7.24. The molecule has 1 aromatic heterocycles. The van der Waals surface area contributed by atoms with Crippen LogP contribution in [0.15, 0.2) is 47.5 Å². The fourth-order valence-electron chi connectivity index (χ4n) is 5.36. The predicted octanol–water partition coefficient (Wildman–Crippen LogP) is 3.21. The number of piperazine rings is 1. The lowest BCUT2D eigenvalue weighted by atomic mass is 10.1. The largest absolute Gasteiger partial charge is 0.370 e. The van der Waals surface area contributed by atoms with Crippen molar-refractivity contribution >= 4 is 27.4 Å². The summed E-state index contributed by atoms with van der Waals surface area (Å²) in [4.78, 5) is 24.3. The summed E-state index contributed by atoms with van der Waals surface area (Å²) in [5.74, 6) is 0.811. The normalized spacial score (nSPS) is 20.2. The van der Waals surface area contributed by atoms with Crippen molar-refractivity contribution in [1.82, 2.24) is 14.2 Å². The molecule has 1 amide bonds. The van der Waals surface area contributed by atoms with Crippen molar-refractivity contribution in [1.29, 1.82) is 0 Å². The molecule has 0 radical (unpaired) electrons. The van der Waals surface area contributed by atoms with Gasteiger partial charge in [0.2, 0.25) is 10.0 Å². The number of amides is 1. The van der Waals surface area contributed by atoms with E-state index in [0.29, 0.717) is 49.7 Å². The Morgan fingerprint density at radius 2 is 1.43 bits per heavy atom. The SMILES string of the molecule is O=C(c1ccc(N2CCCCC2)c(S(=O)(=O)N2CCCCC2)c1)N1CCN(c2ccccn2)CC1. The molecule has 0 spiro atoms. The summed E-state index contributed by atoms with van der Waals surface area (Å²) in [7, 11) is -3.67. The number of aromatic nitrogens is 1. The third kappa shape index (κ3) is 5.16. The molecule has 8 nitrogen and oxygen atoms in total. The van der Waals surface area contributed by atoms with E-state index < -0.39 is 10.0 Å². The predicted molar refractivity (Wildman–Crippen MR) is 137 cm³/mol. The summed E-state index contributed by atoms with van der Waals surface area (Å²) < 4.78 is 29.1. The van der Waals surface area contributed by atoms with Gasteiger partial charge in [-0.2, -0.15) is 4.31 Å². The minimum absolute atomic E-state index is 0.106. The number of rotatable bonds is 5. The molecule has 9 heteroatoms. The molecule has 3 fully saturated rings. The van der Waals surface area contributed by atoms with Gasteiger partial charge in [0.1, 0.15) is 10.7 Å². The van der Waals surface area contributed by atoms with Gasteiger partial charge in [-0.15, -0.1) is 0 Å². The summed E-state index contributed by atoms with van der Waals surface area (Å²) in [5, 5.41) is 0. The summed E-state index contributed by atoms with van der Waals surface area (Å²) in [6, 6.07) is 11.2. The maximum atomic E-state index is 13.8. The van der Waals surface area contributed by atoms with E-state index in [4.69, 9.17) is 0 Å². The van der Waals surface area contributed by atoms with Gasteiger partial charge in [0.05, 0.1) is 5.69 Å². The van der Waals surface area contributed by atoms with E-state index in [9.17, 15) is 13.2 Å². The second-order valence-corrected chi connectivity index (χ2v) is 11.6. The maximum absolute atomic E-state index is 13.8. The summed E-state index contributed by atoms with van der Waals surface area (Å²) in [5.41, 5.74) is 1.19. The van der Waals surface area contributed by atoms with Crippen LogP contribution >= 0.6 is 0 Å². The first-order chi connectivity index (χ1) is 17.0. The number of piperidine rings is 2. The molecule has 0 unspecified atom stereocenters. The average molecular weight is 498 g/mol. The fraction of sp³-hybridized carbons (Fsp3) is 0.538. The Labute approximate surface area is 208 Å². The average Bonchev–Trinajstić information content (AvgIpc) is 2.94. The van der Waals surface area contributed by atoms with Crippen molar-refractivity contribution in [3.63, 3.8) is 0 Å². The molecular weight excluding hydrogens is 462 g/mol.